The number of fused-ring (bicyclic) bond motifs is 1. The Balaban J connectivity index is 2.04. The molecule has 0 unspecified atom stereocenters. The van der Waals surface area contributed by atoms with Crippen molar-refractivity contribution >= 4 is 23.6 Å². The van der Waals surface area contributed by atoms with Crippen LogP contribution in [0.1, 0.15) is 27.7 Å². The van der Waals surface area contributed by atoms with E-state index in [2.05, 4.69) is 15.4 Å². The minimum absolute atomic E-state index is 0.347. The highest BCUT2D eigenvalue weighted by molar-refractivity contribution is 6.62. The molecular weight excluding hydrogens is 248 g/mol. The summed E-state index contributed by atoms with van der Waals surface area (Å²) in [5, 5.41) is 10.3. The average molecular weight is 263 g/mol. The Bertz CT molecular complexity index is 625. The molecule has 2 heterocycles. The van der Waals surface area contributed by atoms with Gasteiger partial charge in [-0.05, 0) is 33.8 Å². The van der Waals surface area contributed by atoms with E-state index in [1.807, 2.05) is 27.7 Å². The molecule has 1 aromatic carbocycles. The lowest BCUT2D eigenvalue weighted by Gasteiger charge is -2.32. The number of hydrogen-bond acceptors (Lipinski definition) is 4. The summed E-state index contributed by atoms with van der Waals surface area (Å²) in [5.41, 5.74) is 0.426. The number of nitrogens with one attached hydrogen (secondary N) is 1. The van der Waals surface area contributed by atoms with Crippen molar-refractivity contribution < 1.29 is 13.7 Å². The third kappa shape index (κ3) is 1.84. The first-order chi connectivity index (χ1) is 8.80. The van der Waals surface area contributed by atoms with Crippen LogP contribution in [0, 0.1) is 5.82 Å². The first-order valence-corrected chi connectivity index (χ1v) is 6.16. The maximum Gasteiger partial charge on any atom is 0.497 e. The van der Waals surface area contributed by atoms with E-state index in [9.17, 15) is 4.39 Å². The monoisotopic (exact) mass is 263 g/mol. The van der Waals surface area contributed by atoms with E-state index in [1.54, 1.807) is 6.07 Å². The SMILES string of the molecule is CC1(C)OB(c2cc3n[nH]nc3cc2F)OC1(C)C. The van der Waals surface area contributed by atoms with Gasteiger partial charge >= 0.3 is 7.12 Å². The fourth-order valence-corrected chi connectivity index (χ4v) is 2.03. The Morgan fingerprint density at radius 3 is 2.16 bits per heavy atom. The van der Waals surface area contributed by atoms with Gasteiger partial charge in [-0.1, -0.05) is 0 Å². The molecule has 0 spiro atoms. The summed E-state index contributed by atoms with van der Waals surface area (Å²) in [6, 6.07) is 2.94. The Morgan fingerprint density at radius 2 is 1.58 bits per heavy atom. The second kappa shape index (κ2) is 3.77. The summed E-state index contributed by atoms with van der Waals surface area (Å²) in [5.74, 6) is -0.403. The van der Waals surface area contributed by atoms with Crippen LogP contribution >= 0.6 is 0 Å². The maximum absolute atomic E-state index is 14.1. The smallest absolute Gasteiger partial charge is 0.399 e. The van der Waals surface area contributed by atoms with Crippen molar-refractivity contribution in [3.8, 4) is 0 Å². The Morgan fingerprint density at radius 1 is 1.05 bits per heavy atom. The molecule has 1 fully saturated rings. The highest BCUT2D eigenvalue weighted by Crippen LogP contribution is 2.36. The van der Waals surface area contributed by atoms with E-state index < -0.39 is 24.1 Å². The zero-order valence-electron chi connectivity index (χ0n) is 11.3. The molecule has 1 aliphatic heterocycles. The summed E-state index contributed by atoms with van der Waals surface area (Å²) >= 11 is 0. The molecule has 0 amide bonds. The minimum Gasteiger partial charge on any atom is -0.399 e. The number of aromatic nitrogens is 3. The van der Waals surface area contributed by atoms with Gasteiger partial charge in [-0.2, -0.15) is 15.4 Å². The number of rotatable bonds is 1. The van der Waals surface area contributed by atoms with Crippen LogP contribution < -0.4 is 5.46 Å². The predicted octanol–water partition coefficient (Wildman–Crippen LogP) is 1.40. The molecule has 1 saturated heterocycles. The number of nitrogens with zero attached hydrogens (tertiary/aromatic N) is 2. The number of H-pyrrole nitrogens is 1. The average Bonchev–Trinajstić information content (AvgIpc) is 2.80. The van der Waals surface area contributed by atoms with Crippen LogP contribution in [0.25, 0.3) is 11.0 Å². The molecule has 0 saturated carbocycles. The fraction of sp³-hybridized carbons (Fsp3) is 0.500. The van der Waals surface area contributed by atoms with Crippen LogP contribution in [-0.2, 0) is 9.31 Å². The van der Waals surface area contributed by atoms with Crippen LogP contribution in [0.2, 0.25) is 0 Å². The topological polar surface area (TPSA) is 60.0 Å². The lowest BCUT2D eigenvalue weighted by Crippen LogP contribution is -2.41. The fourth-order valence-electron chi connectivity index (χ4n) is 2.03. The van der Waals surface area contributed by atoms with Gasteiger partial charge in [-0.15, -0.1) is 0 Å². The molecule has 1 N–H and O–H groups in total. The van der Waals surface area contributed by atoms with Crippen LogP contribution in [0.4, 0.5) is 4.39 Å². The van der Waals surface area contributed by atoms with E-state index in [0.29, 0.717) is 16.5 Å². The zero-order chi connectivity index (χ0) is 13.8. The lowest BCUT2D eigenvalue weighted by molar-refractivity contribution is 0.00578. The van der Waals surface area contributed by atoms with Gasteiger partial charge in [0.25, 0.3) is 0 Å². The second-order valence-corrected chi connectivity index (χ2v) is 5.77. The van der Waals surface area contributed by atoms with Crippen molar-refractivity contribution in [3.63, 3.8) is 0 Å². The molecule has 0 bridgehead atoms. The summed E-state index contributed by atoms with van der Waals surface area (Å²) in [4.78, 5) is 0. The molecule has 3 rings (SSSR count). The molecule has 19 heavy (non-hydrogen) atoms. The molecule has 0 radical (unpaired) electrons. The highest BCUT2D eigenvalue weighted by atomic mass is 19.1. The number of benzene rings is 1. The van der Waals surface area contributed by atoms with Crippen molar-refractivity contribution in [1.29, 1.82) is 0 Å². The third-order valence-electron chi connectivity index (χ3n) is 3.94. The van der Waals surface area contributed by atoms with Gasteiger partial charge in [0.1, 0.15) is 16.9 Å². The van der Waals surface area contributed by atoms with Crippen molar-refractivity contribution in [1.82, 2.24) is 15.4 Å². The number of halogens is 1. The predicted molar refractivity (Wildman–Crippen MR) is 69.6 cm³/mol. The molecule has 100 valence electrons. The van der Waals surface area contributed by atoms with Crippen LogP contribution in [0.3, 0.4) is 0 Å². The van der Waals surface area contributed by atoms with Crippen molar-refractivity contribution in [2.24, 2.45) is 0 Å². The van der Waals surface area contributed by atoms with Crippen LogP contribution in [-0.4, -0.2) is 33.7 Å². The van der Waals surface area contributed by atoms with Crippen LogP contribution in [0.5, 0.6) is 0 Å². The van der Waals surface area contributed by atoms with E-state index >= 15 is 0 Å². The van der Waals surface area contributed by atoms with Crippen molar-refractivity contribution in [2.45, 2.75) is 38.9 Å². The first kappa shape index (κ1) is 12.6. The minimum atomic E-state index is -0.730. The van der Waals surface area contributed by atoms with E-state index in [0.717, 1.165) is 0 Å². The molecule has 1 aliphatic rings. The summed E-state index contributed by atoms with van der Waals surface area (Å²) in [6.45, 7) is 7.72. The molecule has 2 aromatic rings. The Hall–Kier alpha value is -1.47. The van der Waals surface area contributed by atoms with Gasteiger partial charge in [-0.3, -0.25) is 0 Å². The summed E-state index contributed by atoms with van der Waals surface area (Å²) < 4.78 is 25.8. The van der Waals surface area contributed by atoms with Gasteiger partial charge in [-0.25, -0.2) is 4.39 Å². The number of hydrogen-bond donors (Lipinski definition) is 1. The molecule has 0 atom stereocenters. The zero-order valence-corrected chi connectivity index (χ0v) is 11.3. The lowest BCUT2D eigenvalue weighted by atomic mass is 9.78. The molecule has 0 aliphatic carbocycles. The van der Waals surface area contributed by atoms with E-state index in [-0.39, 0.29) is 0 Å². The Labute approximate surface area is 110 Å². The molecule has 7 heteroatoms. The quantitative estimate of drug-likeness (QED) is 0.790. The standard InChI is InChI=1S/C12H15BFN3O2/c1-11(2)12(3,4)19-13(18-11)7-5-9-10(6-8(7)14)16-17-15-9/h5-6H,1-4H3,(H,15,16,17). The van der Waals surface area contributed by atoms with Crippen LogP contribution in [0.15, 0.2) is 12.1 Å². The van der Waals surface area contributed by atoms with Crippen molar-refractivity contribution in [2.75, 3.05) is 0 Å². The maximum atomic E-state index is 14.1. The summed E-state index contributed by atoms with van der Waals surface area (Å²) in [6.07, 6.45) is 0. The van der Waals surface area contributed by atoms with Gasteiger partial charge in [0.2, 0.25) is 0 Å². The second-order valence-electron chi connectivity index (χ2n) is 5.77. The molecule has 5 nitrogen and oxygen atoms in total. The largest absolute Gasteiger partial charge is 0.497 e. The normalized spacial score (nSPS) is 21.2. The van der Waals surface area contributed by atoms with Gasteiger partial charge < -0.3 is 9.31 Å². The van der Waals surface area contributed by atoms with Gasteiger partial charge in [0.15, 0.2) is 0 Å². The Kier molecular flexibility index (Phi) is 2.49. The van der Waals surface area contributed by atoms with E-state index in [4.69, 9.17) is 9.31 Å². The number of aromatic amines is 1. The highest BCUT2D eigenvalue weighted by Gasteiger charge is 2.52. The third-order valence-corrected chi connectivity index (χ3v) is 3.94. The molecular formula is C12H15BFN3O2. The van der Waals surface area contributed by atoms with E-state index in [1.165, 1.54) is 6.07 Å². The summed E-state index contributed by atoms with van der Waals surface area (Å²) in [7, 11) is -0.730. The van der Waals surface area contributed by atoms with Gasteiger partial charge in [0, 0.05) is 11.5 Å². The molecule has 1 aromatic heterocycles. The van der Waals surface area contributed by atoms with Gasteiger partial charge in [0.05, 0.1) is 11.2 Å². The van der Waals surface area contributed by atoms with Crippen molar-refractivity contribution in [3.05, 3.63) is 17.9 Å². The first-order valence-electron chi connectivity index (χ1n) is 6.16.